The van der Waals surface area contributed by atoms with Crippen molar-refractivity contribution in [2.24, 2.45) is 0 Å². The molecule has 0 saturated carbocycles. The molecule has 1 saturated heterocycles. The molecule has 3 heteroatoms. The maximum absolute atomic E-state index is 6.02. The largest absolute Gasteiger partial charge is 0.491 e. The summed E-state index contributed by atoms with van der Waals surface area (Å²) in [6, 6.07) is 6.69. The van der Waals surface area contributed by atoms with Crippen LogP contribution in [0.3, 0.4) is 0 Å². The van der Waals surface area contributed by atoms with Gasteiger partial charge in [-0.3, -0.25) is 0 Å². The van der Waals surface area contributed by atoms with E-state index in [-0.39, 0.29) is 6.10 Å². The third-order valence-electron chi connectivity index (χ3n) is 3.77. The van der Waals surface area contributed by atoms with Crippen molar-refractivity contribution in [3.05, 3.63) is 29.3 Å². The highest BCUT2D eigenvalue weighted by atomic mass is 16.5. The second-order valence-corrected chi connectivity index (χ2v) is 5.35. The van der Waals surface area contributed by atoms with Gasteiger partial charge in [0.1, 0.15) is 12.4 Å². The van der Waals surface area contributed by atoms with Gasteiger partial charge in [0, 0.05) is 18.2 Å². The summed E-state index contributed by atoms with van der Waals surface area (Å²) in [5, 5.41) is 3.27. The molecular formula is C16H25NO2. The molecule has 3 nitrogen and oxygen atoms in total. The van der Waals surface area contributed by atoms with E-state index in [1.54, 1.807) is 0 Å². The zero-order chi connectivity index (χ0) is 13.7. The minimum atomic E-state index is 0.256. The summed E-state index contributed by atoms with van der Waals surface area (Å²) < 4.78 is 11.7. The Morgan fingerprint density at radius 1 is 1.42 bits per heavy atom. The Morgan fingerprint density at radius 2 is 2.26 bits per heavy atom. The molecular weight excluding hydrogens is 238 g/mol. The van der Waals surface area contributed by atoms with Gasteiger partial charge >= 0.3 is 0 Å². The van der Waals surface area contributed by atoms with E-state index >= 15 is 0 Å². The molecule has 0 aliphatic carbocycles. The number of hydrogen-bond donors (Lipinski definition) is 1. The van der Waals surface area contributed by atoms with Crippen LogP contribution >= 0.6 is 0 Å². The number of aryl methyl sites for hydroxylation is 1. The summed E-state index contributed by atoms with van der Waals surface area (Å²) in [5.41, 5.74) is 2.44. The Bertz CT molecular complexity index is 400. The van der Waals surface area contributed by atoms with Crippen LogP contribution in [-0.2, 0) is 4.74 Å². The molecule has 0 bridgehead atoms. The molecule has 0 amide bonds. The molecule has 106 valence electrons. The predicted octanol–water partition coefficient (Wildman–Crippen LogP) is 3.22. The zero-order valence-electron chi connectivity index (χ0n) is 12.2. The third-order valence-corrected chi connectivity index (χ3v) is 3.77. The molecule has 1 heterocycles. The van der Waals surface area contributed by atoms with Crippen molar-refractivity contribution in [1.82, 2.24) is 5.32 Å². The van der Waals surface area contributed by atoms with Gasteiger partial charge in [0.15, 0.2) is 0 Å². The summed E-state index contributed by atoms with van der Waals surface area (Å²) in [5.74, 6) is 0.982. The number of hydrogen-bond acceptors (Lipinski definition) is 3. The van der Waals surface area contributed by atoms with Crippen molar-refractivity contribution in [2.45, 2.75) is 45.3 Å². The molecule has 0 aromatic heterocycles. The van der Waals surface area contributed by atoms with E-state index in [9.17, 15) is 0 Å². The highest BCUT2D eigenvalue weighted by Gasteiger charge is 2.16. The fourth-order valence-corrected chi connectivity index (χ4v) is 2.40. The highest BCUT2D eigenvalue weighted by molar-refractivity contribution is 5.39. The number of benzene rings is 1. The summed E-state index contributed by atoms with van der Waals surface area (Å²) in [6.45, 7) is 5.78. The SMILES string of the molecule is CNC(C)c1ccc(C)cc1OCC1CCCCO1. The van der Waals surface area contributed by atoms with Gasteiger partial charge in [-0.2, -0.15) is 0 Å². The molecule has 2 rings (SSSR count). The van der Waals surface area contributed by atoms with Crippen LogP contribution in [0.1, 0.15) is 43.4 Å². The zero-order valence-corrected chi connectivity index (χ0v) is 12.2. The maximum Gasteiger partial charge on any atom is 0.124 e. The lowest BCUT2D eigenvalue weighted by Gasteiger charge is -2.24. The van der Waals surface area contributed by atoms with Crippen molar-refractivity contribution >= 4 is 0 Å². The summed E-state index contributed by atoms with van der Waals surface area (Å²) in [4.78, 5) is 0. The van der Waals surface area contributed by atoms with Crippen LogP contribution in [0.25, 0.3) is 0 Å². The molecule has 0 radical (unpaired) electrons. The van der Waals surface area contributed by atoms with E-state index in [1.807, 2.05) is 7.05 Å². The van der Waals surface area contributed by atoms with E-state index in [0.29, 0.717) is 12.6 Å². The minimum absolute atomic E-state index is 0.256. The Morgan fingerprint density at radius 3 is 2.95 bits per heavy atom. The number of rotatable bonds is 5. The lowest BCUT2D eigenvalue weighted by atomic mass is 10.0. The first-order valence-electron chi connectivity index (χ1n) is 7.23. The average molecular weight is 263 g/mol. The van der Waals surface area contributed by atoms with Crippen molar-refractivity contribution < 1.29 is 9.47 Å². The van der Waals surface area contributed by atoms with Crippen molar-refractivity contribution in [3.63, 3.8) is 0 Å². The molecule has 1 aromatic rings. The Kier molecular flexibility index (Phi) is 5.23. The molecule has 1 N–H and O–H groups in total. The van der Waals surface area contributed by atoms with Crippen LogP contribution in [0.5, 0.6) is 5.75 Å². The lowest BCUT2D eigenvalue weighted by Crippen LogP contribution is -2.26. The van der Waals surface area contributed by atoms with Crippen LogP contribution < -0.4 is 10.1 Å². The lowest BCUT2D eigenvalue weighted by molar-refractivity contribution is -0.0113. The summed E-state index contributed by atoms with van der Waals surface area (Å²) in [6.07, 6.45) is 3.81. The molecule has 1 aromatic carbocycles. The van der Waals surface area contributed by atoms with Crippen LogP contribution in [0.15, 0.2) is 18.2 Å². The first-order chi connectivity index (χ1) is 9.20. The van der Waals surface area contributed by atoms with E-state index < -0.39 is 0 Å². The van der Waals surface area contributed by atoms with Gasteiger partial charge in [-0.25, -0.2) is 0 Å². The monoisotopic (exact) mass is 263 g/mol. The molecule has 1 aliphatic rings. The van der Waals surface area contributed by atoms with Crippen LogP contribution in [0.2, 0.25) is 0 Å². The third kappa shape index (κ3) is 3.95. The van der Waals surface area contributed by atoms with Crippen LogP contribution in [0.4, 0.5) is 0 Å². The fraction of sp³-hybridized carbons (Fsp3) is 0.625. The highest BCUT2D eigenvalue weighted by Crippen LogP contribution is 2.27. The standard InChI is InChI=1S/C16H25NO2/c1-12-7-8-15(13(2)17-3)16(10-12)19-11-14-6-4-5-9-18-14/h7-8,10,13-14,17H,4-6,9,11H2,1-3H3. The predicted molar refractivity (Wildman–Crippen MR) is 77.7 cm³/mol. The molecule has 19 heavy (non-hydrogen) atoms. The van der Waals surface area contributed by atoms with Gasteiger partial charge in [-0.15, -0.1) is 0 Å². The molecule has 0 spiro atoms. The van der Waals surface area contributed by atoms with Gasteiger partial charge in [0.05, 0.1) is 6.10 Å². The van der Waals surface area contributed by atoms with E-state index in [1.165, 1.54) is 24.0 Å². The topological polar surface area (TPSA) is 30.5 Å². The van der Waals surface area contributed by atoms with Gasteiger partial charge in [-0.05, 0) is 51.8 Å². The number of ether oxygens (including phenoxy) is 2. The van der Waals surface area contributed by atoms with E-state index in [0.717, 1.165) is 18.8 Å². The van der Waals surface area contributed by atoms with Crippen LogP contribution in [0, 0.1) is 6.92 Å². The first kappa shape index (κ1) is 14.4. The number of nitrogens with one attached hydrogen (secondary N) is 1. The second kappa shape index (κ2) is 6.92. The summed E-state index contributed by atoms with van der Waals surface area (Å²) in [7, 11) is 1.97. The molecule has 2 atom stereocenters. The minimum Gasteiger partial charge on any atom is -0.491 e. The Balaban J connectivity index is 2.02. The normalized spacial score (nSPS) is 21.1. The summed E-state index contributed by atoms with van der Waals surface area (Å²) >= 11 is 0. The van der Waals surface area contributed by atoms with Gasteiger partial charge in [0.25, 0.3) is 0 Å². The molecule has 1 fully saturated rings. The average Bonchev–Trinajstić information content (AvgIpc) is 2.45. The Hall–Kier alpha value is -1.06. The van der Waals surface area contributed by atoms with Gasteiger partial charge < -0.3 is 14.8 Å². The maximum atomic E-state index is 6.02. The quantitative estimate of drug-likeness (QED) is 0.884. The van der Waals surface area contributed by atoms with Crippen LogP contribution in [-0.4, -0.2) is 26.4 Å². The Labute approximate surface area is 116 Å². The second-order valence-electron chi connectivity index (χ2n) is 5.35. The fourth-order valence-electron chi connectivity index (χ4n) is 2.40. The van der Waals surface area contributed by atoms with Gasteiger partial charge in [-0.1, -0.05) is 12.1 Å². The van der Waals surface area contributed by atoms with Crippen molar-refractivity contribution in [2.75, 3.05) is 20.3 Å². The molecule has 1 aliphatic heterocycles. The van der Waals surface area contributed by atoms with Crippen molar-refractivity contribution in [3.8, 4) is 5.75 Å². The smallest absolute Gasteiger partial charge is 0.124 e. The molecule has 2 unspecified atom stereocenters. The van der Waals surface area contributed by atoms with Crippen molar-refractivity contribution in [1.29, 1.82) is 0 Å². The van der Waals surface area contributed by atoms with E-state index in [4.69, 9.17) is 9.47 Å². The first-order valence-corrected chi connectivity index (χ1v) is 7.23. The van der Waals surface area contributed by atoms with E-state index in [2.05, 4.69) is 37.4 Å². The van der Waals surface area contributed by atoms with Gasteiger partial charge in [0.2, 0.25) is 0 Å².